The lowest BCUT2D eigenvalue weighted by Crippen LogP contribution is -2.68. The maximum Gasteiger partial charge on any atom is 0.185 e. The lowest BCUT2D eigenvalue weighted by Gasteiger charge is -2.48. The highest BCUT2D eigenvalue weighted by Gasteiger charge is 2.50. The summed E-state index contributed by atoms with van der Waals surface area (Å²) in [5.41, 5.74) is 23.0. The van der Waals surface area contributed by atoms with Gasteiger partial charge in [0.25, 0.3) is 0 Å². The molecule has 0 aromatic carbocycles. The maximum atomic E-state index is 11.0. The zero-order valence-corrected chi connectivity index (χ0v) is 18.2. The van der Waals surface area contributed by atoms with Crippen molar-refractivity contribution < 1.29 is 34.3 Å². The monoisotopic (exact) mass is 449 g/mol. The number of hydrogen-bond donors (Lipinski definition) is 8. The van der Waals surface area contributed by atoms with Crippen LogP contribution in [-0.2, 0) is 18.9 Å². The Morgan fingerprint density at radius 1 is 1.00 bits per heavy atom. The number of aliphatic hydroxyl groups excluding tert-OH is 2. The number of likely N-dealkylation sites (N-methyl/N-ethyl adjacent to an activating group) is 1. The van der Waals surface area contributed by atoms with Gasteiger partial charge in [-0.05, 0) is 33.2 Å². The third-order valence-corrected chi connectivity index (χ3v) is 6.55. The molecular weight excluding hydrogens is 410 g/mol. The molecule has 2 saturated heterocycles. The summed E-state index contributed by atoms with van der Waals surface area (Å²) in [6, 6.07) is -2.26. The molecular formula is C19H39N5O7. The maximum absolute atomic E-state index is 11.0. The van der Waals surface area contributed by atoms with Gasteiger partial charge in [0.15, 0.2) is 12.6 Å². The van der Waals surface area contributed by atoms with Gasteiger partial charge in [0.05, 0.1) is 24.8 Å². The van der Waals surface area contributed by atoms with Gasteiger partial charge in [-0.25, -0.2) is 0 Å². The zero-order chi connectivity index (χ0) is 22.9. The molecule has 3 rings (SSSR count). The molecule has 12 N–H and O–H groups in total. The normalized spacial score (nSPS) is 51.6. The van der Waals surface area contributed by atoms with Gasteiger partial charge in [0.2, 0.25) is 0 Å². The first kappa shape index (κ1) is 25.1. The molecule has 1 aliphatic carbocycles. The van der Waals surface area contributed by atoms with Crippen LogP contribution in [0.1, 0.15) is 26.2 Å². The van der Waals surface area contributed by atoms with Crippen LogP contribution in [0.3, 0.4) is 0 Å². The van der Waals surface area contributed by atoms with Crippen molar-refractivity contribution in [2.45, 2.75) is 99.1 Å². The highest BCUT2D eigenvalue weighted by Crippen LogP contribution is 2.31. The predicted octanol–water partition coefficient (Wildman–Crippen LogP) is -3.98. The van der Waals surface area contributed by atoms with Crippen molar-refractivity contribution in [2.24, 2.45) is 22.9 Å². The van der Waals surface area contributed by atoms with Gasteiger partial charge in [0.1, 0.15) is 30.0 Å². The number of nitrogens with one attached hydrogen (secondary N) is 1. The third kappa shape index (κ3) is 5.37. The fraction of sp³-hybridized carbons (Fsp3) is 1.00. The van der Waals surface area contributed by atoms with E-state index in [1.54, 1.807) is 14.0 Å². The summed E-state index contributed by atoms with van der Waals surface area (Å²) in [5.74, 6) is 0. The van der Waals surface area contributed by atoms with E-state index in [1.165, 1.54) is 0 Å². The zero-order valence-electron chi connectivity index (χ0n) is 18.2. The molecule has 2 aliphatic heterocycles. The van der Waals surface area contributed by atoms with Crippen LogP contribution in [0.25, 0.3) is 0 Å². The minimum atomic E-state index is -1.29. The Morgan fingerprint density at radius 3 is 2.19 bits per heavy atom. The average Bonchev–Trinajstić information content (AvgIpc) is 2.71. The Kier molecular flexibility index (Phi) is 8.27. The quantitative estimate of drug-likeness (QED) is 0.195. The van der Waals surface area contributed by atoms with Crippen molar-refractivity contribution in [1.29, 1.82) is 0 Å². The van der Waals surface area contributed by atoms with Crippen LogP contribution in [0.2, 0.25) is 0 Å². The molecule has 0 aromatic rings. The minimum Gasteiger partial charge on any atom is -0.388 e. The number of aliphatic hydroxyl groups is 3. The molecule has 0 amide bonds. The van der Waals surface area contributed by atoms with E-state index in [9.17, 15) is 15.3 Å². The van der Waals surface area contributed by atoms with E-state index >= 15 is 0 Å². The smallest absolute Gasteiger partial charge is 0.185 e. The lowest BCUT2D eigenvalue weighted by molar-refractivity contribution is -0.306. The van der Waals surface area contributed by atoms with Gasteiger partial charge in [-0.2, -0.15) is 0 Å². The first-order chi connectivity index (χ1) is 14.6. The summed E-state index contributed by atoms with van der Waals surface area (Å²) >= 11 is 0. The second-order valence-corrected chi connectivity index (χ2v) is 9.15. The van der Waals surface area contributed by atoms with Gasteiger partial charge in [-0.15, -0.1) is 0 Å². The van der Waals surface area contributed by atoms with Gasteiger partial charge in [-0.3, -0.25) is 0 Å². The second-order valence-electron chi connectivity index (χ2n) is 9.15. The molecule has 3 aliphatic rings. The highest BCUT2D eigenvalue weighted by atomic mass is 16.7. The lowest BCUT2D eigenvalue weighted by atomic mass is 9.84. The Hall–Kier alpha value is -0.480. The van der Waals surface area contributed by atoms with Gasteiger partial charge >= 0.3 is 0 Å². The van der Waals surface area contributed by atoms with E-state index in [-0.39, 0.29) is 18.8 Å². The Labute approximate surface area is 182 Å². The summed E-state index contributed by atoms with van der Waals surface area (Å²) in [4.78, 5) is 0. The summed E-state index contributed by atoms with van der Waals surface area (Å²) in [6.45, 7) is 1.83. The number of nitrogens with two attached hydrogens (primary N) is 4. The van der Waals surface area contributed by atoms with Crippen LogP contribution in [0.4, 0.5) is 0 Å². The molecule has 31 heavy (non-hydrogen) atoms. The summed E-state index contributed by atoms with van der Waals surface area (Å²) in [5, 5.41) is 34.9. The molecule has 0 spiro atoms. The molecule has 2 heterocycles. The van der Waals surface area contributed by atoms with Gasteiger partial charge in [-0.1, -0.05) is 0 Å². The van der Waals surface area contributed by atoms with E-state index < -0.39 is 60.7 Å². The van der Waals surface area contributed by atoms with Crippen LogP contribution in [0, 0.1) is 0 Å². The molecule has 12 atom stereocenters. The first-order valence-electron chi connectivity index (χ1n) is 10.9. The topological polar surface area (TPSA) is 214 Å². The van der Waals surface area contributed by atoms with Crippen LogP contribution in [0.15, 0.2) is 0 Å². The van der Waals surface area contributed by atoms with Crippen molar-refractivity contribution in [1.82, 2.24) is 5.32 Å². The van der Waals surface area contributed by atoms with E-state index in [1.807, 2.05) is 0 Å². The third-order valence-electron chi connectivity index (χ3n) is 6.55. The van der Waals surface area contributed by atoms with Gasteiger partial charge in [0, 0.05) is 18.6 Å². The number of rotatable bonds is 6. The van der Waals surface area contributed by atoms with E-state index in [0.717, 1.165) is 6.42 Å². The molecule has 12 heteroatoms. The highest BCUT2D eigenvalue weighted by molar-refractivity contribution is 5.01. The largest absolute Gasteiger partial charge is 0.388 e. The van der Waals surface area contributed by atoms with Crippen molar-refractivity contribution in [2.75, 3.05) is 20.2 Å². The fourth-order valence-electron chi connectivity index (χ4n) is 4.69. The SMILES string of the molecule is CN[C@@H]1C(O)[C@@H](OC2C(O)C(O[C@H]3O[C@H](CN)CCC3N)[C@@H](N)C[C@H]2N)OCC1(C)O. The molecule has 12 nitrogen and oxygen atoms in total. The Bertz CT molecular complexity index is 588. The van der Waals surface area contributed by atoms with Crippen LogP contribution in [-0.4, -0.2) is 108 Å². The number of ether oxygens (including phenoxy) is 4. The number of hydrogen-bond acceptors (Lipinski definition) is 12. The van der Waals surface area contributed by atoms with E-state index in [4.69, 9.17) is 41.9 Å². The predicted molar refractivity (Wildman–Crippen MR) is 110 cm³/mol. The van der Waals surface area contributed by atoms with E-state index in [0.29, 0.717) is 19.4 Å². The Morgan fingerprint density at radius 2 is 1.61 bits per heavy atom. The molecule has 0 aromatic heterocycles. The molecule has 6 unspecified atom stereocenters. The average molecular weight is 450 g/mol. The van der Waals surface area contributed by atoms with Gasteiger partial charge < -0.3 is 62.5 Å². The van der Waals surface area contributed by atoms with Crippen molar-refractivity contribution >= 4 is 0 Å². The van der Waals surface area contributed by atoms with Crippen LogP contribution >= 0.6 is 0 Å². The Balaban J connectivity index is 1.68. The molecule has 0 radical (unpaired) electrons. The fourth-order valence-corrected chi connectivity index (χ4v) is 4.69. The summed E-state index contributed by atoms with van der Waals surface area (Å²) < 4.78 is 23.3. The van der Waals surface area contributed by atoms with Crippen molar-refractivity contribution in [3.63, 3.8) is 0 Å². The minimum absolute atomic E-state index is 0.0665. The van der Waals surface area contributed by atoms with Crippen molar-refractivity contribution in [3.05, 3.63) is 0 Å². The standard InChI is InChI=1S/C19H39N5O7/c1-19(27)7-28-18(13(26)16(19)24-2)31-15-11(23)5-10(22)14(12(15)25)30-17-9(21)4-3-8(6-20)29-17/h8-18,24-27H,3-7,20-23H2,1-2H3/t8-,9?,10-,11+,12?,13?,14?,15?,16+,17+,18+,19?/m0/s1. The summed E-state index contributed by atoms with van der Waals surface area (Å²) in [7, 11) is 1.62. The van der Waals surface area contributed by atoms with Crippen LogP contribution < -0.4 is 28.3 Å². The molecule has 1 saturated carbocycles. The molecule has 3 fully saturated rings. The van der Waals surface area contributed by atoms with E-state index in [2.05, 4.69) is 5.32 Å². The first-order valence-corrected chi connectivity index (χ1v) is 10.9. The molecule has 0 bridgehead atoms. The van der Waals surface area contributed by atoms with Crippen molar-refractivity contribution in [3.8, 4) is 0 Å². The second kappa shape index (κ2) is 10.2. The molecule has 182 valence electrons. The van der Waals surface area contributed by atoms with Crippen LogP contribution in [0.5, 0.6) is 0 Å². The summed E-state index contributed by atoms with van der Waals surface area (Å²) in [6.07, 6.45) is -4.48.